The number of nitrogens with zero attached hydrogens (tertiary/aromatic N) is 1. The fourth-order valence-corrected chi connectivity index (χ4v) is 3.62. The maximum Gasteiger partial charge on any atom is 0.221 e. The van der Waals surface area contributed by atoms with E-state index in [-0.39, 0.29) is 5.91 Å². The Morgan fingerprint density at radius 3 is 3.19 bits per heavy atom. The van der Waals surface area contributed by atoms with E-state index in [1.165, 1.54) is 17.7 Å². The van der Waals surface area contributed by atoms with E-state index in [1.807, 2.05) is 6.07 Å². The fraction of sp³-hybridized carbons (Fsp3) is 0.667. The summed E-state index contributed by atoms with van der Waals surface area (Å²) in [5, 5.41) is 5.07. The lowest BCUT2D eigenvalue weighted by atomic mass is 10.0. The second-order valence-corrected chi connectivity index (χ2v) is 6.38. The molecule has 1 unspecified atom stereocenters. The van der Waals surface area contributed by atoms with Gasteiger partial charge in [-0.05, 0) is 30.8 Å². The molecule has 0 bridgehead atoms. The molecule has 0 radical (unpaired) electrons. The molecule has 0 aromatic carbocycles. The summed E-state index contributed by atoms with van der Waals surface area (Å²) in [6.45, 7) is 3.11. The second-order valence-electron chi connectivity index (χ2n) is 5.37. The van der Waals surface area contributed by atoms with Crippen molar-refractivity contribution in [3.63, 3.8) is 0 Å². The normalized spacial score (nSPS) is 19.4. The number of methoxy groups -OCH3 is 1. The number of nitrogens with two attached hydrogens (primary N) is 1. The Kier molecular flexibility index (Phi) is 6.48. The van der Waals surface area contributed by atoms with Crippen molar-refractivity contribution < 1.29 is 9.53 Å². The van der Waals surface area contributed by atoms with Gasteiger partial charge in [-0.3, -0.25) is 9.69 Å². The highest BCUT2D eigenvalue weighted by Gasteiger charge is 2.24. The van der Waals surface area contributed by atoms with Gasteiger partial charge in [-0.2, -0.15) is 0 Å². The minimum Gasteiger partial charge on any atom is -0.496 e. The number of carbonyl (C=O) groups excluding carboxylic acids is 1. The van der Waals surface area contributed by atoms with Gasteiger partial charge in [-0.25, -0.2) is 0 Å². The maximum atomic E-state index is 11.6. The monoisotopic (exact) mass is 311 g/mol. The largest absolute Gasteiger partial charge is 0.496 e. The van der Waals surface area contributed by atoms with Crippen molar-refractivity contribution >= 4 is 17.2 Å². The van der Waals surface area contributed by atoms with Crippen LogP contribution in [0.1, 0.15) is 30.6 Å². The van der Waals surface area contributed by atoms with Crippen LogP contribution in [0.15, 0.2) is 11.4 Å². The van der Waals surface area contributed by atoms with E-state index in [2.05, 4.69) is 15.6 Å². The number of ether oxygens (including phenoxy) is 1. The van der Waals surface area contributed by atoms with E-state index < -0.39 is 0 Å². The Bertz CT molecular complexity index is 450. The highest BCUT2D eigenvalue weighted by Crippen LogP contribution is 2.28. The lowest BCUT2D eigenvalue weighted by Gasteiger charge is -2.35. The molecule has 0 aliphatic carbocycles. The van der Waals surface area contributed by atoms with Gasteiger partial charge in [0.05, 0.1) is 12.0 Å². The number of hydrogen-bond donors (Lipinski definition) is 2. The number of carbonyl (C=O) groups is 1. The third-order valence-electron chi connectivity index (χ3n) is 3.93. The molecule has 2 heterocycles. The molecule has 1 aliphatic rings. The number of piperidine rings is 1. The number of amides is 1. The van der Waals surface area contributed by atoms with Gasteiger partial charge in [0.15, 0.2) is 0 Å². The fourth-order valence-electron chi connectivity index (χ4n) is 2.76. The van der Waals surface area contributed by atoms with Gasteiger partial charge in [-0.1, -0.05) is 6.42 Å². The van der Waals surface area contributed by atoms with Crippen LogP contribution in [0, 0.1) is 0 Å². The molecule has 0 saturated carbocycles. The van der Waals surface area contributed by atoms with Crippen LogP contribution >= 0.6 is 11.3 Å². The zero-order valence-electron chi connectivity index (χ0n) is 12.6. The topological polar surface area (TPSA) is 67.6 Å². The van der Waals surface area contributed by atoms with Crippen LogP contribution in [0.2, 0.25) is 0 Å². The third-order valence-corrected chi connectivity index (χ3v) is 4.81. The van der Waals surface area contributed by atoms with Crippen LogP contribution in [-0.2, 0) is 11.3 Å². The first-order valence-electron chi connectivity index (χ1n) is 7.55. The average molecular weight is 311 g/mol. The molecule has 2 rings (SSSR count). The summed E-state index contributed by atoms with van der Waals surface area (Å²) in [7, 11) is 1.71. The minimum atomic E-state index is 0.0525. The summed E-state index contributed by atoms with van der Waals surface area (Å²) < 4.78 is 5.39. The summed E-state index contributed by atoms with van der Waals surface area (Å²) >= 11 is 1.73. The molecule has 118 valence electrons. The molecule has 6 heteroatoms. The van der Waals surface area contributed by atoms with Crippen molar-refractivity contribution in [3.8, 4) is 5.75 Å². The third kappa shape index (κ3) is 4.69. The van der Waals surface area contributed by atoms with Crippen LogP contribution in [0.4, 0.5) is 0 Å². The molecule has 1 fully saturated rings. The van der Waals surface area contributed by atoms with Gasteiger partial charge in [-0.15, -0.1) is 11.3 Å². The molecule has 1 atom stereocenters. The van der Waals surface area contributed by atoms with Crippen LogP contribution < -0.4 is 15.8 Å². The lowest BCUT2D eigenvalue weighted by molar-refractivity contribution is -0.121. The van der Waals surface area contributed by atoms with Gasteiger partial charge in [0.2, 0.25) is 5.91 Å². The highest BCUT2D eigenvalue weighted by atomic mass is 32.1. The smallest absolute Gasteiger partial charge is 0.221 e. The molecular formula is C15H25N3O2S. The predicted molar refractivity (Wildman–Crippen MR) is 85.6 cm³/mol. The summed E-state index contributed by atoms with van der Waals surface area (Å²) in [4.78, 5) is 15.3. The molecule has 3 N–H and O–H groups in total. The second kappa shape index (κ2) is 8.36. The molecular weight excluding hydrogens is 286 g/mol. The predicted octanol–water partition coefficient (Wildman–Crippen LogP) is 1.58. The van der Waals surface area contributed by atoms with Gasteiger partial charge in [0.25, 0.3) is 0 Å². The number of thiophene rings is 1. The minimum absolute atomic E-state index is 0.0525. The van der Waals surface area contributed by atoms with Crippen LogP contribution in [0.25, 0.3) is 0 Å². The SMILES string of the molecule is COc1ccsc1CN1CCCCC1CNC(=O)CCN. The van der Waals surface area contributed by atoms with E-state index >= 15 is 0 Å². The summed E-state index contributed by atoms with van der Waals surface area (Å²) in [5.74, 6) is 1.02. The standard InChI is InChI=1S/C15H25N3O2S/c1-20-13-6-9-21-14(13)11-18-8-3-2-4-12(18)10-17-15(19)5-7-16/h6,9,12H,2-5,7-8,10-11,16H2,1H3,(H,17,19). The zero-order valence-corrected chi connectivity index (χ0v) is 13.5. The van der Waals surface area contributed by atoms with Gasteiger partial charge < -0.3 is 15.8 Å². The van der Waals surface area contributed by atoms with Crippen molar-refractivity contribution in [1.29, 1.82) is 0 Å². The van der Waals surface area contributed by atoms with Gasteiger partial charge in [0, 0.05) is 32.1 Å². The van der Waals surface area contributed by atoms with E-state index in [1.54, 1.807) is 18.4 Å². The lowest BCUT2D eigenvalue weighted by Crippen LogP contribution is -2.46. The van der Waals surface area contributed by atoms with Crippen molar-refractivity contribution in [1.82, 2.24) is 10.2 Å². The van der Waals surface area contributed by atoms with Gasteiger partial charge in [0.1, 0.15) is 5.75 Å². The summed E-state index contributed by atoms with van der Waals surface area (Å²) in [6, 6.07) is 2.43. The average Bonchev–Trinajstić information content (AvgIpc) is 2.94. The molecule has 21 heavy (non-hydrogen) atoms. The van der Waals surface area contributed by atoms with E-state index in [0.717, 1.165) is 25.3 Å². The maximum absolute atomic E-state index is 11.6. The first kappa shape index (κ1) is 16.3. The van der Waals surface area contributed by atoms with Crippen LogP contribution in [0.5, 0.6) is 5.75 Å². The van der Waals surface area contributed by atoms with Crippen molar-refractivity contribution in [2.75, 3.05) is 26.7 Å². The Hall–Kier alpha value is -1.11. The molecule has 1 saturated heterocycles. The Balaban J connectivity index is 1.91. The number of hydrogen-bond acceptors (Lipinski definition) is 5. The molecule has 1 aromatic heterocycles. The van der Waals surface area contributed by atoms with Crippen LogP contribution in [-0.4, -0.2) is 43.6 Å². The Morgan fingerprint density at radius 2 is 2.43 bits per heavy atom. The number of rotatable bonds is 7. The first-order valence-corrected chi connectivity index (χ1v) is 8.43. The van der Waals surface area contributed by atoms with Gasteiger partial charge >= 0.3 is 0 Å². The molecule has 5 nitrogen and oxygen atoms in total. The molecule has 1 aromatic rings. The zero-order chi connectivity index (χ0) is 15.1. The van der Waals surface area contributed by atoms with E-state index in [4.69, 9.17) is 10.5 Å². The van der Waals surface area contributed by atoms with E-state index in [9.17, 15) is 4.79 Å². The molecule has 1 amide bonds. The molecule has 1 aliphatic heterocycles. The Morgan fingerprint density at radius 1 is 1.57 bits per heavy atom. The van der Waals surface area contributed by atoms with Crippen molar-refractivity contribution in [2.24, 2.45) is 5.73 Å². The van der Waals surface area contributed by atoms with Crippen molar-refractivity contribution in [3.05, 3.63) is 16.3 Å². The van der Waals surface area contributed by atoms with Crippen molar-refractivity contribution in [2.45, 2.75) is 38.3 Å². The summed E-state index contributed by atoms with van der Waals surface area (Å²) in [6.07, 6.45) is 4.00. The van der Waals surface area contributed by atoms with Crippen LogP contribution in [0.3, 0.4) is 0 Å². The number of nitrogens with one attached hydrogen (secondary N) is 1. The quantitative estimate of drug-likeness (QED) is 0.802. The Labute approximate surface area is 130 Å². The first-order chi connectivity index (χ1) is 10.2. The summed E-state index contributed by atoms with van der Waals surface area (Å²) in [5.41, 5.74) is 5.40. The van der Waals surface area contributed by atoms with E-state index in [0.29, 0.717) is 25.6 Å². The number of likely N-dealkylation sites (tertiary alicyclic amines) is 1. The highest BCUT2D eigenvalue weighted by molar-refractivity contribution is 7.10. The molecule has 0 spiro atoms.